The number of halogens is 1. The van der Waals surface area contributed by atoms with E-state index in [-0.39, 0.29) is 6.03 Å². The van der Waals surface area contributed by atoms with Gasteiger partial charge in [-0.15, -0.1) is 0 Å². The Morgan fingerprint density at radius 3 is 3.00 bits per heavy atom. The molecule has 6 heteroatoms. The van der Waals surface area contributed by atoms with E-state index in [1.165, 1.54) is 25.8 Å². The molecule has 0 saturated carbocycles. The molecule has 24 heavy (non-hydrogen) atoms. The van der Waals surface area contributed by atoms with E-state index in [4.69, 9.17) is 16.3 Å². The largest absolute Gasteiger partial charge is 0.493 e. The summed E-state index contributed by atoms with van der Waals surface area (Å²) in [5.41, 5.74) is 0.631. The Balaban J connectivity index is 1.43. The van der Waals surface area contributed by atoms with Crippen LogP contribution in [0.2, 0.25) is 5.02 Å². The first-order chi connectivity index (χ1) is 11.7. The molecule has 0 aliphatic carbocycles. The van der Waals surface area contributed by atoms with Crippen LogP contribution in [0.15, 0.2) is 18.2 Å². The molecule has 130 valence electrons. The molecule has 5 nitrogen and oxygen atoms in total. The number of benzene rings is 1. The number of anilines is 1. The molecule has 1 aromatic rings. The quantitative estimate of drug-likeness (QED) is 0.891. The Morgan fingerprint density at radius 1 is 1.29 bits per heavy atom. The maximum Gasteiger partial charge on any atom is 0.321 e. The van der Waals surface area contributed by atoms with Crippen molar-refractivity contribution < 1.29 is 9.53 Å². The van der Waals surface area contributed by atoms with Crippen LogP contribution < -0.4 is 10.1 Å². The molecule has 1 aromatic carbocycles. The lowest BCUT2D eigenvalue weighted by molar-refractivity contribution is 0.157. The van der Waals surface area contributed by atoms with E-state index in [0.29, 0.717) is 34.3 Å². The van der Waals surface area contributed by atoms with Crippen LogP contribution in [0.5, 0.6) is 5.75 Å². The zero-order valence-corrected chi connectivity index (χ0v) is 14.8. The number of carbonyl (C=O) groups excluding carboxylic acids is 1. The minimum atomic E-state index is -0.0488. The van der Waals surface area contributed by atoms with Crippen LogP contribution in [0.3, 0.4) is 0 Å². The molecule has 0 radical (unpaired) electrons. The second-order valence-corrected chi connectivity index (χ2v) is 7.54. The van der Waals surface area contributed by atoms with Crippen LogP contribution in [0.4, 0.5) is 10.5 Å². The van der Waals surface area contributed by atoms with E-state index < -0.39 is 0 Å². The van der Waals surface area contributed by atoms with E-state index in [2.05, 4.69) is 10.2 Å². The van der Waals surface area contributed by atoms with Gasteiger partial charge in [-0.25, -0.2) is 4.79 Å². The molecule has 3 fully saturated rings. The van der Waals surface area contributed by atoms with Crippen LogP contribution in [-0.2, 0) is 0 Å². The Kier molecular flexibility index (Phi) is 4.31. The first-order valence-electron chi connectivity index (χ1n) is 8.80. The van der Waals surface area contributed by atoms with E-state index in [9.17, 15) is 4.79 Å². The molecule has 3 heterocycles. The van der Waals surface area contributed by atoms with Crippen molar-refractivity contribution in [3.8, 4) is 5.75 Å². The van der Waals surface area contributed by atoms with Gasteiger partial charge in [0.2, 0.25) is 0 Å². The number of likely N-dealkylation sites (tertiary alicyclic amines) is 1. The van der Waals surface area contributed by atoms with Gasteiger partial charge in [-0.1, -0.05) is 24.1 Å². The average Bonchev–Trinajstić information content (AvgIpc) is 3.13. The maximum absolute atomic E-state index is 12.7. The van der Waals surface area contributed by atoms with E-state index in [0.717, 1.165) is 19.6 Å². The molecule has 0 bridgehead atoms. The summed E-state index contributed by atoms with van der Waals surface area (Å²) >= 11 is 6.13. The van der Waals surface area contributed by atoms with E-state index >= 15 is 0 Å². The van der Waals surface area contributed by atoms with Gasteiger partial charge in [-0.2, -0.15) is 0 Å². The summed E-state index contributed by atoms with van der Waals surface area (Å²) in [6, 6.07) is 6.03. The van der Waals surface area contributed by atoms with Crippen LogP contribution in [0, 0.1) is 11.8 Å². The lowest BCUT2D eigenvalue weighted by Gasteiger charge is -2.33. The number of methoxy groups -OCH3 is 1. The normalized spacial score (nSPS) is 29.2. The maximum atomic E-state index is 12.7. The summed E-state index contributed by atoms with van der Waals surface area (Å²) in [4.78, 5) is 17.3. The third kappa shape index (κ3) is 2.74. The number of nitrogens with one attached hydrogen (secondary N) is 1. The van der Waals surface area contributed by atoms with Gasteiger partial charge in [-0.05, 0) is 43.4 Å². The highest BCUT2D eigenvalue weighted by Gasteiger charge is 2.48. The topological polar surface area (TPSA) is 44.8 Å². The van der Waals surface area contributed by atoms with Crippen molar-refractivity contribution in [2.75, 3.05) is 38.6 Å². The van der Waals surface area contributed by atoms with Crippen LogP contribution in [0.25, 0.3) is 0 Å². The molecule has 3 atom stereocenters. The molecule has 0 spiro atoms. The van der Waals surface area contributed by atoms with Gasteiger partial charge in [-0.3, -0.25) is 4.90 Å². The SMILES string of the molecule is COc1c(Cl)cccc1NC(=O)N1CC2CN3CCCCC3C2C1. The number of ether oxygens (including phenoxy) is 1. The molecule has 3 unspecified atom stereocenters. The van der Waals surface area contributed by atoms with Crippen molar-refractivity contribution in [3.05, 3.63) is 23.2 Å². The second kappa shape index (κ2) is 6.45. The molecule has 2 amide bonds. The second-order valence-electron chi connectivity index (χ2n) is 7.14. The van der Waals surface area contributed by atoms with Gasteiger partial charge >= 0.3 is 6.03 Å². The van der Waals surface area contributed by atoms with E-state index in [1.54, 1.807) is 13.2 Å². The molecule has 1 N–H and O–H groups in total. The average molecular weight is 350 g/mol. The number of amides is 2. The lowest BCUT2D eigenvalue weighted by atomic mass is 9.90. The number of urea groups is 1. The fourth-order valence-electron chi connectivity index (χ4n) is 4.73. The van der Waals surface area contributed by atoms with Crippen molar-refractivity contribution in [1.82, 2.24) is 9.80 Å². The molecular weight excluding hydrogens is 326 g/mol. The summed E-state index contributed by atoms with van der Waals surface area (Å²) < 4.78 is 5.31. The zero-order chi connectivity index (χ0) is 16.7. The van der Waals surface area contributed by atoms with Crippen molar-refractivity contribution in [2.45, 2.75) is 25.3 Å². The van der Waals surface area contributed by atoms with Crippen molar-refractivity contribution >= 4 is 23.3 Å². The third-order valence-corrected chi connectivity index (χ3v) is 6.12. The van der Waals surface area contributed by atoms with Gasteiger partial charge in [0.05, 0.1) is 17.8 Å². The van der Waals surface area contributed by atoms with Gasteiger partial charge < -0.3 is 15.0 Å². The van der Waals surface area contributed by atoms with Crippen LogP contribution in [-0.4, -0.2) is 55.2 Å². The Labute approximate surface area is 147 Å². The summed E-state index contributed by atoms with van der Waals surface area (Å²) in [7, 11) is 1.56. The molecular formula is C18H24ClN3O2. The summed E-state index contributed by atoms with van der Waals surface area (Å²) in [5.74, 6) is 1.78. The highest BCUT2D eigenvalue weighted by Crippen LogP contribution is 2.40. The van der Waals surface area contributed by atoms with Crippen molar-refractivity contribution in [3.63, 3.8) is 0 Å². The van der Waals surface area contributed by atoms with Crippen molar-refractivity contribution in [2.24, 2.45) is 11.8 Å². The fraction of sp³-hybridized carbons (Fsp3) is 0.611. The Morgan fingerprint density at radius 2 is 2.17 bits per heavy atom. The number of hydrogen-bond acceptors (Lipinski definition) is 3. The molecule has 3 aliphatic rings. The first-order valence-corrected chi connectivity index (χ1v) is 9.17. The minimum Gasteiger partial charge on any atom is -0.493 e. The van der Waals surface area contributed by atoms with Gasteiger partial charge in [0.25, 0.3) is 0 Å². The van der Waals surface area contributed by atoms with Gasteiger partial charge in [0, 0.05) is 25.7 Å². The van der Waals surface area contributed by atoms with Gasteiger partial charge in [0.15, 0.2) is 5.75 Å². The zero-order valence-electron chi connectivity index (χ0n) is 14.0. The first kappa shape index (κ1) is 16.0. The number of carbonyl (C=O) groups is 1. The summed E-state index contributed by atoms with van der Waals surface area (Å²) in [6.07, 6.45) is 3.95. The predicted molar refractivity (Wildman–Crippen MR) is 94.8 cm³/mol. The highest BCUT2D eigenvalue weighted by atomic mass is 35.5. The predicted octanol–water partition coefficient (Wildman–Crippen LogP) is 3.30. The smallest absolute Gasteiger partial charge is 0.321 e. The van der Waals surface area contributed by atoms with Gasteiger partial charge in [0.1, 0.15) is 0 Å². The number of piperidine rings is 1. The summed E-state index contributed by atoms with van der Waals surface area (Å²) in [5, 5.41) is 3.48. The van der Waals surface area contributed by atoms with Crippen LogP contribution >= 0.6 is 11.6 Å². The number of nitrogens with zero attached hydrogens (tertiary/aromatic N) is 2. The lowest BCUT2D eigenvalue weighted by Crippen LogP contribution is -2.41. The highest BCUT2D eigenvalue weighted by molar-refractivity contribution is 6.32. The number of hydrogen-bond donors (Lipinski definition) is 1. The number of para-hydroxylation sites is 1. The molecule has 3 aliphatic heterocycles. The Bertz CT molecular complexity index is 639. The summed E-state index contributed by atoms with van der Waals surface area (Å²) in [6.45, 7) is 4.11. The molecule has 0 aromatic heterocycles. The third-order valence-electron chi connectivity index (χ3n) is 5.82. The molecule has 4 rings (SSSR count). The monoisotopic (exact) mass is 349 g/mol. The fourth-order valence-corrected chi connectivity index (χ4v) is 4.98. The molecule has 3 saturated heterocycles. The Hall–Kier alpha value is -1.46. The van der Waals surface area contributed by atoms with E-state index in [1.807, 2.05) is 17.0 Å². The van der Waals surface area contributed by atoms with Crippen molar-refractivity contribution in [1.29, 1.82) is 0 Å². The van der Waals surface area contributed by atoms with Crippen LogP contribution in [0.1, 0.15) is 19.3 Å². The minimum absolute atomic E-state index is 0.0488. The number of fused-ring (bicyclic) bond motifs is 3. The standard InChI is InChI=1S/C18H24ClN3O2/c1-24-17-14(19)5-4-6-15(17)20-18(23)22-10-12-9-21-8-3-2-7-16(21)13(12)11-22/h4-6,12-13,16H,2-3,7-11H2,1H3,(H,20,23). The number of rotatable bonds is 2.